The van der Waals surface area contributed by atoms with E-state index in [-0.39, 0.29) is 5.41 Å². The van der Waals surface area contributed by atoms with Gasteiger partial charge < -0.3 is 10.1 Å². The van der Waals surface area contributed by atoms with Crippen LogP contribution in [-0.2, 0) is 17.7 Å². The van der Waals surface area contributed by atoms with Gasteiger partial charge in [-0.05, 0) is 54.7 Å². The Morgan fingerprint density at radius 1 is 1.19 bits per heavy atom. The number of nitrogens with one attached hydrogen (secondary N) is 1. The van der Waals surface area contributed by atoms with Gasteiger partial charge in [-0.15, -0.1) is 0 Å². The SMILES string of the molecule is N#Cc1cccc2c1CC1(CCOCC1)C(=NCc1cccc(Cl)c1)N2. The molecule has 26 heavy (non-hydrogen) atoms. The number of anilines is 1. The zero-order chi connectivity index (χ0) is 18.0. The average molecular weight is 366 g/mol. The highest BCUT2D eigenvalue weighted by atomic mass is 35.5. The highest BCUT2D eigenvalue weighted by Crippen LogP contribution is 2.42. The summed E-state index contributed by atoms with van der Waals surface area (Å²) in [5.74, 6) is 1.00. The Bertz CT molecular complexity index is 894. The predicted octanol–water partition coefficient (Wildman–Crippen LogP) is 4.58. The number of rotatable bonds is 2. The van der Waals surface area contributed by atoms with E-state index in [2.05, 4.69) is 11.4 Å². The molecule has 0 bridgehead atoms. The molecule has 0 atom stereocenters. The molecule has 0 amide bonds. The van der Waals surface area contributed by atoms with Crippen molar-refractivity contribution in [3.05, 3.63) is 64.2 Å². The van der Waals surface area contributed by atoms with Gasteiger partial charge in [0.1, 0.15) is 5.84 Å². The maximum absolute atomic E-state index is 9.48. The van der Waals surface area contributed by atoms with Crippen LogP contribution in [0.2, 0.25) is 5.02 Å². The molecule has 0 saturated carbocycles. The first-order valence-corrected chi connectivity index (χ1v) is 9.24. The number of ether oxygens (including phenoxy) is 1. The molecule has 2 aromatic rings. The van der Waals surface area contributed by atoms with Crippen LogP contribution in [0, 0.1) is 16.7 Å². The van der Waals surface area contributed by atoms with Crippen LogP contribution in [0.3, 0.4) is 0 Å². The summed E-state index contributed by atoms with van der Waals surface area (Å²) in [6.07, 6.45) is 2.65. The van der Waals surface area contributed by atoms with Gasteiger partial charge >= 0.3 is 0 Å². The lowest BCUT2D eigenvalue weighted by atomic mass is 9.71. The van der Waals surface area contributed by atoms with Crippen LogP contribution in [0.25, 0.3) is 0 Å². The van der Waals surface area contributed by atoms with E-state index in [0.717, 1.165) is 65.7 Å². The van der Waals surface area contributed by atoms with E-state index in [0.29, 0.717) is 6.54 Å². The molecule has 2 aliphatic heterocycles. The molecule has 1 spiro atoms. The van der Waals surface area contributed by atoms with Gasteiger partial charge in [-0.2, -0.15) is 5.26 Å². The Morgan fingerprint density at radius 2 is 2.00 bits per heavy atom. The number of amidine groups is 1. The van der Waals surface area contributed by atoms with Gasteiger partial charge in [0.15, 0.2) is 0 Å². The van der Waals surface area contributed by atoms with Crippen molar-refractivity contribution in [2.45, 2.75) is 25.8 Å². The topological polar surface area (TPSA) is 57.4 Å². The summed E-state index contributed by atoms with van der Waals surface area (Å²) in [4.78, 5) is 4.93. The van der Waals surface area contributed by atoms with Crippen molar-refractivity contribution >= 4 is 23.1 Å². The van der Waals surface area contributed by atoms with E-state index in [1.54, 1.807) is 0 Å². The van der Waals surface area contributed by atoms with Gasteiger partial charge in [0, 0.05) is 29.3 Å². The summed E-state index contributed by atoms with van der Waals surface area (Å²) in [7, 11) is 0. The highest BCUT2D eigenvalue weighted by Gasteiger charge is 2.42. The number of halogens is 1. The first-order valence-electron chi connectivity index (χ1n) is 8.86. The molecular weight excluding hydrogens is 346 g/mol. The van der Waals surface area contributed by atoms with Gasteiger partial charge in [0.25, 0.3) is 0 Å². The Balaban J connectivity index is 1.71. The largest absolute Gasteiger partial charge is 0.381 e. The summed E-state index contributed by atoms with van der Waals surface area (Å²) in [6.45, 7) is 2.03. The number of nitriles is 1. The van der Waals surface area contributed by atoms with E-state index in [4.69, 9.17) is 21.3 Å². The molecule has 4 nitrogen and oxygen atoms in total. The second kappa shape index (κ2) is 7.11. The van der Waals surface area contributed by atoms with Crippen LogP contribution < -0.4 is 5.32 Å². The van der Waals surface area contributed by atoms with Crippen molar-refractivity contribution in [2.75, 3.05) is 18.5 Å². The van der Waals surface area contributed by atoms with E-state index in [1.165, 1.54) is 0 Å². The number of hydrogen-bond acceptors (Lipinski definition) is 3. The summed E-state index contributed by atoms with van der Waals surface area (Å²) in [6, 6.07) is 16.0. The van der Waals surface area contributed by atoms with Crippen LogP contribution in [0.1, 0.15) is 29.5 Å². The third-order valence-electron chi connectivity index (χ3n) is 5.33. The molecule has 2 aliphatic rings. The van der Waals surface area contributed by atoms with Crippen LogP contribution in [-0.4, -0.2) is 19.0 Å². The lowest BCUT2D eigenvalue weighted by Crippen LogP contribution is -2.46. The quantitative estimate of drug-likeness (QED) is 0.847. The van der Waals surface area contributed by atoms with Crippen molar-refractivity contribution in [3.63, 3.8) is 0 Å². The zero-order valence-corrected chi connectivity index (χ0v) is 15.2. The molecule has 2 heterocycles. The van der Waals surface area contributed by atoms with Crippen molar-refractivity contribution < 1.29 is 4.74 Å². The molecule has 1 saturated heterocycles. The third-order valence-corrected chi connectivity index (χ3v) is 5.56. The zero-order valence-electron chi connectivity index (χ0n) is 14.5. The first-order chi connectivity index (χ1) is 12.7. The van der Waals surface area contributed by atoms with E-state index < -0.39 is 0 Å². The van der Waals surface area contributed by atoms with Crippen molar-refractivity contribution in [3.8, 4) is 6.07 Å². The molecule has 2 aromatic carbocycles. The molecule has 5 heteroatoms. The fourth-order valence-electron chi connectivity index (χ4n) is 3.87. The molecule has 1 fully saturated rings. The Labute approximate surface area is 158 Å². The highest BCUT2D eigenvalue weighted by molar-refractivity contribution is 6.30. The molecule has 4 rings (SSSR count). The van der Waals surface area contributed by atoms with Crippen LogP contribution in [0.5, 0.6) is 0 Å². The fraction of sp³-hybridized carbons (Fsp3) is 0.333. The first kappa shape index (κ1) is 17.1. The van der Waals surface area contributed by atoms with Crippen molar-refractivity contribution in [1.82, 2.24) is 0 Å². The number of benzene rings is 2. The molecule has 1 N–H and O–H groups in total. The molecule has 0 radical (unpaired) electrons. The smallest absolute Gasteiger partial charge is 0.108 e. The summed E-state index contributed by atoms with van der Waals surface area (Å²) in [5.41, 5.74) is 3.83. The van der Waals surface area contributed by atoms with Gasteiger partial charge in [-0.1, -0.05) is 29.8 Å². The van der Waals surface area contributed by atoms with Crippen molar-refractivity contribution in [2.24, 2.45) is 10.4 Å². The molecule has 0 aliphatic carbocycles. The van der Waals surface area contributed by atoms with E-state index >= 15 is 0 Å². The molecule has 132 valence electrons. The average Bonchev–Trinajstić information content (AvgIpc) is 2.67. The summed E-state index contributed by atoms with van der Waals surface area (Å²) in [5, 5.41) is 13.7. The summed E-state index contributed by atoms with van der Waals surface area (Å²) < 4.78 is 5.60. The van der Waals surface area contributed by atoms with E-state index in [9.17, 15) is 5.26 Å². The number of nitrogens with zero attached hydrogens (tertiary/aromatic N) is 2. The Hall–Kier alpha value is -2.35. The van der Waals surface area contributed by atoms with E-state index in [1.807, 2.05) is 42.5 Å². The lowest BCUT2D eigenvalue weighted by Gasteiger charge is -2.42. The maximum Gasteiger partial charge on any atom is 0.108 e. The fourth-order valence-corrected chi connectivity index (χ4v) is 4.08. The number of aliphatic imine (C=N–C) groups is 1. The molecular formula is C21H20ClN3O. The minimum Gasteiger partial charge on any atom is -0.381 e. The van der Waals surface area contributed by atoms with Crippen LogP contribution >= 0.6 is 11.6 Å². The Morgan fingerprint density at radius 3 is 2.77 bits per heavy atom. The van der Waals surface area contributed by atoms with Crippen LogP contribution in [0.15, 0.2) is 47.5 Å². The number of fused-ring (bicyclic) bond motifs is 1. The maximum atomic E-state index is 9.48. The third kappa shape index (κ3) is 3.21. The second-order valence-corrected chi connectivity index (χ2v) is 7.37. The molecule has 0 unspecified atom stereocenters. The Kier molecular flexibility index (Phi) is 4.67. The minimum absolute atomic E-state index is 0.0865. The monoisotopic (exact) mass is 365 g/mol. The standard InChI is InChI=1S/C21H20ClN3O/c22-17-5-1-3-15(11-17)14-24-20-21(7-9-26-10-8-21)12-18-16(13-23)4-2-6-19(18)25-20/h1-6,11H,7-10,12,14H2,(H,24,25). The van der Waals surface area contributed by atoms with Crippen molar-refractivity contribution in [1.29, 1.82) is 5.26 Å². The van der Waals surface area contributed by atoms with Gasteiger partial charge in [0.05, 0.1) is 18.2 Å². The van der Waals surface area contributed by atoms with Gasteiger partial charge in [-0.3, -0.25) is 4.99 Å². The normalized spacial score (nSPS) is 19.6. The number of hydrogen-bond donors (Lipinski definition) is 1. The minimum atomic E-state index is -0.0865. The second-order valence-electron chi connectivity index (χ2n) is 6.93. The lowest BCUT2D eigenvalue weighted by molar-refractivity contribution is 0.0448. The predicted molar refractivity (Wildman–Crippen MR) is 104 cm³/mol. The molecule has 0 aromatic heterocycles. The van der Waals surface area contributed by atoms with Crippen LogP contribution in [0.4, 0.5) is 5.69 Å². The van der Waals surface area contributed by atoms with Gasteiger partial charge in [0.2, 0.25) is 0 Å². The summed E-state index contributed by atoms with van der Waals surface area (Å²) >= 11 is 6.10. The van der Waals surface area contributed by atoms with Gasteiger partial charge in [-0.25, -0.2) is 0 Å².